The maximum Gasteiger partial charge on any atom is 0.311 e. The summed E-state index contributed by atoms with van der Waals surface area (Å²) in [6.45, 7) is 3.32. The molecule has 6 nitrogen and oxygen atoms in total. The van der Waals surface area contributed by atoms with Gasteiger partial charge in [-0.3, -0.25) is 9.59 Å². The van der Waals surface area contributed by atoms with E-state index in [-0.39, 0.29) is 19.3 Å². The monoisotopic (exact) mass is 244 g/mol. The molecule has 0 aliphatic carbocycles. The van der Waals surface area contributed by atoms with Crippen LogP contribution in [0.3, 0.4) is 0 Å². The van der Waals surface area contributed by atoms with Crippen LogP contribution in [0, 0.1) is 0 Å². The molecule has 2 amide bonds. The highest BCUT2D eigenvalue weighted by molar-refractivity contribution is 6.35. The van der Waals surface area contributed by atoms with E-state index in [0.29, 0.717) is 13.1 Å². The number of nitrogens with one attached hydrogen (secondary N) is 1. The standard InChI is InChI=1S/C11H20N2O4/c1-2-13(5-6-14)11(16)10(15)12-8-9-4-3-7-17-9/h9,14H,2-8H2,1H3,(H,12,15). The van der Waals surface area contributed by atoms with Crippen molar-refractivity contribution < 1.29 is 19.4 Å². The first kappa shape index (κ1) is 13.9. The van der Waals surface area contributed by atoms with Crippen LogP contribution < -0.4 is 5.32 Å². The van der Waals surface area contributed by atoms with Crippen LogP contribution in [0.2, 0.25) is 0 Å². The Kier molecular flexibility index (Phi) is 5.93. The molecule has 1 saturated heterocycles. The molecule has 0 spiro atoms. The van der Waals surface area contributed by atoms with E-state index in [2.05, 4.69) is 5.32 Å². The Morgan fingerprint density at radius 1 is 1.53 bits per heavy atom. The SMILES string of the molecule is CCN(CCO)C(=O)C(=O)NCC1CCCO1. The Morgan fingerprint density at radius 3 is 2.82 bits per heavy atom. The van der Waals surface area contributed by atoms with Crippen molar-refractivity contribution in [2.45, 2.75) is 25.9 Å². The third-order valence-electron chi connectivity index (χ3n) is 2.75. The van der Waals surface area contributed by atoms with Gasteiger partial charge in [0.05, 0.1) is 12.7 Å². The van der Waals surface area contributed by atoms with Gasteiger partial charge in [-0.1, -0.05) is 0 Å². The van der Waals surface area contributed by atoms with Gasteiger partial charge >= 0.3 is 11.8 Å². The molecule has 0 bridgehead atoms. The van der Waals surface area contributed by atoms with Crippen LogP contribution in [0.15, 0.2) is 0 Å². The lowest BCUT2D eigenvalue weighted by Gasteiger charge is -2.19. The van der Waals surface area contributed by atoms with Crippen LogP contribution in [0.5, 0.6) is 0 Å². The summed E-state index contributed by atoms with van der Waals surface area (Å²) < 4.78 is 5.34. The average molecular weight is 244 g/mol. The van der Waals surface area contributed by atoms with E-state index in [4.69, 9.17) is 9.84 Å². The molecule has 1 aliphatic rings. The summed E-state index contributed by atoms with van der Waals surface area (Å²) in [5, 5.41) is 11.3. The summed E-state index contributed by atoms with van der Waals surface area (Å²) in [5.74, 6) is -1.23. The lowest BCUT2D eigenvalue weighted by atomic mass is 10.2. The van der Waals surface area contributed by atoms with Crippen molar-refractivity contribution in [1.29, 1.82) is 0 Å². The van der Waals surface area contributed by atoms with E-state index in [9.17, 15) is 9.59 Å². The van der Waals surface area contributed by atoms with E-state index < -0.39 is 11.8 Å². The zero-order valence-corrected chi connectivity index (χ0v) is 10.1. The molecule has 0 aromatic rings. The molecular weight excluding hydrogens is 224 g/mol. The number of aliphatic hydroxyl groups is 1. The molecule has 0 saturated carbocycles. The number of aliphatic hydroxyl groups excluding tert-OH is 1. The summed E-state index contributed by atoms with van der Waals surface area (Å²) >= 11 is 0. The molecule has 6 heteroatoms. The second-order valence-corrected chi connectivity index (χ2v) is 3.95. The van der Waals surface area contributed by atoms with Gasteiger partial charge in [0, 0.05) is 26.2 Å². The van der Waals surface area contributed by atoms with Crippen molar-refractivity contribution in [3.05, 3.63) is 0 Å². The van der Waals surface area contributed by atoms with E-state index in [1.165, 1.54) is 4.90 Å². The van der Waals surface area contributed by atoms with Crippen molar-refractivity contribution in [1.82, 2.24) is 10.2 Å². The first-order chi connectivity index (χ1) is 8.19. The maximum absolute atomic E-state index is 11.6. The highest BCUT2D eigenvalue weighted by Crippen LogP contribution is 2.10. The largest absolute Gasteiger partial charge is 0.395 e. The smallest absolute Gasteiger partial charge is 0.311 e. The number of amides is 2. The van der Waals surface area contributed by atoms with Crippen LogP contribution in [0.4, 0.5) is 0 Å². The van der Waals surface area contributed by atoms with Crippen LogP contribution in [0.25, 0.3) is 0 Å². The number of carbonyl (C=O) groups is 2. The quantitative estimate of drug-likeness (QED) is 0.616. The van der Waals surface area contributed by atoms with E-state index in [0.717, 1.165) is 19.4 Å². The molecule has 1 aliphatic heterocycles. The molecule has 2 N–H and O–H groups in total. The number of hydrogen-bond donors (Lipinski definition) is 2. The van der Waals surface area contributed by atoms with Gasteiger partial charge in [-0.05, 0) is 19.8 Å². The van der Waals surface area contributed by atoms with Gasteiger partial charge in [-0.25, -0.2) is 0 Å². The molecule has 1 unspecified atom stereocenters. The van der Waals surface area contributed by atoms with Gasteiger partial charge in [0.25, 0.3) is 0 Å². The van der Waals surface area contributed by atoms with E-state index in [1.807, 2.05) is 0 Å². The third-order valence-corrected chi connectivity index (χ3v) is 2.75. The van der Waals surface area contributed by atoms with Gasteiger partial charge in [-0.2, -0.15) is 0 Å². The van der Waals surface area contributed by atoms with E-state index in [1.54, 1.807) is 6.92 Å². The fourth-order valence-corrected chi connectivity index (χ4v) is 1.76. The summed E-state index contributed by atoms with van der Waals surface area (Å²) in [6, 6.07) is 0. The van der Waals surface area contributed by atoms with Crippen molar-refractivity contribution in [3.8, 4) is 0 Å². The predicted molar refractivity (Wildman–Crippen MR) is 61.3 cm³/mol. The minimum atomic E-state index is -0.629. The Bertz CT molecular complexity index is 264. The molecule has 0 aromatic carbocycles. The topological polar surface area (TPSA) is 78.9 Å². The summed E-state index contributed by atoms with van der Waals surface area (Å²) in [5.41, 5.74) is 0. The Labute approximate surface area is 101 Å². The van der Waals surface area contributed by atoms with Crippen molar-refractivity contribution >= 4 is 11.8 Å². The molecular formula is C11H20N2O4. The molecule has 1 fully saturated rings. The van der Waals surface area contributed by atoms with Gasteiger partial charge in [0.1, 0.15) is 0 Å². The summed E-state index contributed by atoms with van der Waals surface area (Å²) in [4.78, 5) is 24.5. The lowest BCUT2D eigenvalue weighted by Crippen LogP contribution is -2.45. The van der Waals surface area contributed by atoms with Gasteiger partial charge in [0.15, 0.2) is 0 Å². The second kappa shape index (κ2) is 7.24. The average Bonchev–Trinajstić information content (AvgIpc) is 2.85. The Balaban J connectivity index is 2.31. The molecule has 17 heavy (non-hydrogen) atoms. The second-order valence-electron chi connectivity index (χ2n) is 3.95. The van der Waals surface area contributed by atoms with Crippen LogP contribution >= 0.6 is 0 Å². The summed E-state index contributed by atoms with van der Waals surface area (Å²) in [7, 11) is 0. The van der Waals surface area contributed by atoms with Crippen LogP contribution in [0.1, 0.15) is 19.8 Å². The number of rotatable bonds is 5. The fourth-order valence-electron chi connectivity index (χ4n) is 1.76. The maximum atomic E-state index is 11.6. The van der Waals surface area contributed by atoms with Crippen molar-refractivity contribution in [3.63, 3.8) is 0 Å². The minimum Gasteiger partial charge on any atom is -0.395 e. The Hall–Kier alpha value is -1.14. The first-order valence-corrected chi connectivity index (χ1v) is 5.98. The number of likely N-dealkylation sites (N-methyl/N-ethyl adjacent to an activating group) is 1. The van der Waals surface area contributed by atoms with Crippen molar-refractivity contribution in [2.75, 3.05) is 32.8 Å². The lowest BCUT2D eigenvalue weighted by molar-refractivity contribution is -0.146. The highest BCUT2D eigenvalue weighted by Gasteiger charge is 2.22. The molecule has 0 aromatic heterocycles. The number of carbonyl (C=O) groups excluding carboxylic acids is 2. The van der Waals surface area contributed by atoms with Gasteiger partial charge in [-0.15, -0.1) is 0 Å². The predicted octanol–water partition coefficient (Wildman–Crippen LogP) is -0.878. The zero-order chi connectivity index (χ0) is 12.7. The molecule has 1 rings (SSSR count). The normalized spacial score (nSPS) is 19.1. The number of hydrogen-bond acceptors (Lipinski definition) is 4. The number of ether oxygens (including phenoxy) is 1. The molecule has 1 atom stereocenters. The number of nitrogens with zero attached hydrogens (tertiary/aromatic N) is 1. The van der Waals surface area contributed by atoms with Crippen LogP contribution in [-0.4, -0.2) is 60.8 Å². The van der Waals surface area contributed by atoms with Gasteiger partial charge < -0.3 is 20.1 Å². The zero-order valence-electron chi connectivity index (χ0n) is 10.1. The van der Waals surface area contributed by atoms with Gasteiger partial charge in [0.2, 0.25) is 0 Å². The van der Waals surface area contributed by atoms with Crippen molar-refractivity contribution in [2.24, 2.45) is 0 Å². The fraction of sp³-hybridized carbons (Fsp3) is 0.818. The molecule has 0 radical (unpaired) electrons. The highest BCUT2D eigenvalue weighted by atomic mass is 16.5. The van der Waals surface area contributed by atoms with E-state index >= 15 is 0 Å². The Morgan fingerprint density at radius 2 is 2.29 bits per heavy atom. The van der Waals surface area contributed by atoms with Crippen LogP contribution in [-0.2, 0) is 14.3 Å². The third kappa shape index (κ3) is 4.32. The first-order valence-electron chi connectivity index (χ1n) is 5.98. The summed E-state index contributed by atoms with van der Waals surface area (Å²) in [6.07, 6.45) is 1.95. The molecule has 98 valence electrons. The molecule has 1 heterocycles. The minimum absolute atomic E-state index is 0.0275.